The molecule has 0 aromatic heterocycles. The van der Waals surface area contributed by atoms with E-state index in [0.717, 1.165) is 6.42 Å². The summed E-state index contributed by atoms with van der Waals surface area (Å²) in [5.41, 5.74) is 0. The van der Waals surface area contributed by atoms with E-state index in [2.05, 4.69) is 10.2 Å². The van der Waals surface area contributed by atoms with Gasteiger partial charge in [0, 0.05) is 12.5 Å². The predicted molar refractivity (Wildman–Crippen MR) is 85.6 cm³/mol. The molecule has 22 heavy (non-hydrogen) atoms. The van der Waals surface area contributed by atoms with E-state index in [4.69, 9.17) is 5.11 Å². The number of nitrogens with one attached hydrogen (secondary N) is 1. The largest absolute Gasteiger partial charge is 0.480 e. The summed E-state index contributed by atoms with van der Waals surface area (Å²) >= 11 is 0. The molecule has 2 aliphatic rings. The van der Waals surface area contributed by atoms with Crippen LogP contribution in [0.2, 0.25) is 0 Å². The quantitative estimate of drug-likeness (QED) is 0.789. The summed E-state index contributed by atoms with van der Waals surface area (Å²) < 4.78 is 0. The van der Waals surface area contributed by atoms with E-state index in [1.807, 2.05) is 13.8 Å². The van der Waals surface area contributed by atoms with E-state index in [1.54, 1.807) is 0 Å². The Hall–Kier alpha value is -1.10. The number of amides is 1. The molecule has 2 heterocycles. The maximum absolute atomic E-state index is 12.1. The van der Waals surface area contributed by atoms with Gasteiger partial charge in [0.25, 0.3) is 0 Å². The maximum Gasteiger partial charge on any atom is 0.326 e. The molecule has 0 aliphatic carbocycles. The Bertz CT molecular complexity index is 395. The highest BCUT2D eigenvalue weighted by Gasteiger charge is 2.33. The molecule has 5 nitrogen and oxygen atoms in total. The van der Waals surface area contributed by atoms with E-state index in [1.165, 1.54) is 45.2 Å². The van der Waals surface area contributed by atoms with E-state index >= 15 is 0 Å². The van der Waals surface area contributed by atoms with E-state index < -0.39 is 12.0 Å². The van der Waals surface area contributed by atoms with Gasteiger partial charge in [-0.3, -0.25) is 4.79 Å². The Labute approximate surface area is 133 Å². The number of nitrogens with zero attached hydrogens (tertiary/aromatic N) is 1. The van der Waals surface area contributed by atoms with E-state index in [0.29, 0.717) is 18.4 Å². The topological polar surface area (TPSA) is 69.6 Å². The lowest BCUT2D eigenvalue weighted by Crippen LogP contribution is -2.48. The zero-order valence-corrected chi connectivity index (χ0v) is 13.9. The SMILES string of the molecule is CC(C)[C@@H](NC(=O)CC[C@@H]1CCCN2CCCC[C@H]12)C(=O)O. The van der Waals surface area contributed by atoms with E-state index in [9.17, 15) is 9.59 Å². The van der Waals surface area contributed by atoms with Crippen molar-refractivity contribution in [2.45, 2.75) is 70.9 Å². The van der Waals surface area contributed by atoms with Crippen LogP contribution in [0, 0.1) is 11.8 Å². The molecule has 3 atom stereocenters. The van der Waals surface area contributed by atoms with Gasteiger partial charge in [-0.15, -0.1) is 0 Å². The molecule has 0 radical (unpaired) electrons. The average Bonchev–Trinajstić information content (AvgIpc) is 2.49. The lowest BCUT2D eigenvalue weighted by Gasteiger charge is -2.44. The van der Waals surface area contributed by atoms with Gasteiger partial charge in [-0.1, -0.05) is 20.3 Å². The van der Waals surface area contributed by atoms with Crippen molar-refractivity contribution < 1.29 is 14.7 Å². The Morgan fingerprint density at radius 2 is 1.91 bits per heavy atom. The minimum Gasteiger partial charge on any atom is -0.480 e. The van der Waals surface area contributed by atoms with Crippen LogP contribution in [0.3, 0.4) is 0 Å². The molecule has 2 saturated heterocycles. The minimum absolute atomic E-state index is 0.0926. The number of piperidine rings is 2. The molecule has 2 fully saturated rings. The molecule has 0 aromatic rings. The highest BCUT2D eigenvalue weighted by Crippen LogP contribution is 2.33. The monoisotopic (exact) mass is 310 g/mol. The first kappa shape index (κ1) is 17.3. The lowest BCUT2D eigenvalue weighted by atomic mass is 9.81. The van der Waals surface area contributed by atoms with Crippen molar-refractivity contribution in [3.8, 4) is 0 Å². The van der Waals surface area contributed by atoms with Gasteiger partial charge in [0.05, 0.1) is 0 Å². The lowest BCUT2D eigenvalue weighted by molar-refractivity contribution is -0.143. The zero-order chi connectivity index (χ0) is 16.1. The fourth-order valence-electron chi connectivity index (χ4n) is 3.99. The first-order valence-corrected chi connectivity index (χ1v) is 8.75. The van der Waals surface area contributed by atoms with Crippen molar-refractivity contribution in [1.29, 1.82) is 0 Å². The highest BCUT2D eigenvalue weighted by molar-refractivity contribution is 5.83. The van der Waals surface area contributed by atoms with Crippen molar-refractivity contribution >= 4 is 11.9 Å². The molecule has 5 heteroatoms. The van der Waals surface area contributed by atoms with Crippen molar-refractivity contribution in [3.05, 3.63) is 0 Å². The number of hydrogen-bond donors (Lipinski definition) is 2. The van der Waals surface area contributed by atoms with E-state index in [-0.39, 0.29) is 11.8 Å². The van der Waals surface area contributed by atoms with Crippen LogP contribution in [0.15, 0.2) is 0 Å². The number of carboxylic acid groups (broad SMARTS) is 1. The molecule has 126 valence electrons. The molecule has 0 bridgehead atoms. The third-order valence-corrected chi connectivity index (χ3v) is 5.22. The first-order valence-electron chi connectivity index (χ1n) is 8.75. The van der Waals surface area contributed by atoms with Gasteiger partial charge in [-0.05, 0) is 57.0 Å². The number of carbonyl (C=O) groups excluding carboxylic acids is 1. The molecule has 0 aromatic carbocycles. The van der Waals surface area contributed by atoms with Gasteiger partial charge in [0.2, 0.25) is 5.91 Å². The van der Waals surface area contributed by atoms with Crippen LogP contribution in [0.4, 0.5) is 0 Å². The molecular formula is C17H30N2O3. The standard InChI is InChI=1S/C17H30N2O3/c1-12(2)16(17(21)22)18-15(20)9-8-13-6-5-11-19-10-4-3-7-14(13)19/h12-14,16H,3-11H2,1-2H3,(H,18,20)(H,21,22)/t13-,14+,16+/m0/s1. The number of fused-ring (bicyclic) bond motifs is 1. The van der Waals surface area contributed by atoms with Crippen molar-refractivity contribution in [3.63, 3.8) is 0 Å². The Morgan fingerprint density at radius 3 is 2.59 bits per heavy atom. The fraction of sp³-hybridized carbons (Fsp3) is 0.882. The maximum atomic E-state index is 12.1. The molecule has 1 amide bonds. The van der Waals surface area contributed by atoms with Crippen molar-refractivity contribution in [1.82, 2.24) is 10.2 Å². The highest BCUT2D eigenvalue weighted by atomic mass is 16.4. The summed E-state index contributed by atoms with van der Waals surface area (Å²) in [6.07, 6.45) is 7.64. The van der Waals surface area contributed by atoms with Gasteiger partial charge < -0.3 is 15.3 Å². The second kappa shape index (κ2) is 7.95. The van der Waals surface area contributed by atoms with Crippen LogP contribution in [0.1, 0.15) is 58.8 Å². The minimum atomic E-state index is -0.945. The number of carbonyl (C=O) groups is 2. The number of hydrogen-bond acceptors (Lipinski definition) is 3. The van der Waals surface area contributed by atoms with Gasteiger partial charge in [0.15, 0.2) is 0 Å². The number of carboxylic acids is 1. The average molecular weight is 310 g/mol. The molecule has 2 N–H and O–H groups in total. The van der Waals surface area contributed by atoms with Crippen molar-refractivity contribution in [2.24, 2.45) is 11.8 Å². The second-order valence-corrected chi connectivity index (χ2v) is 7.17. The third-order valence-electron chi connectivity index (χ3n) is 5.22. The molecule has 2 rings (SSSR count). The number of rotatable bonds is 6. The Balaban J connectivity index is 1.81. The second-order valence-electron chi connectivity index (χ2n) is 7.17. The Morgan fingerprint density at radius 1 is 1.18 bits per heavy atom. The fourth-order valence-corrected chi connectivity index (χ4v) is 3.99. The zero-order valence-electron chi connectivity index (χ0n) is 13.9. The summed E-state index contributed by atoms with van der Waals surface area (Å²) in [7, 11) is 0. The molecule has 0 saturated carbocycles. The molecule has 2 aliphatic heterocycles. The van der Waals surface area contributed by atoms with Crippen LogP contribution < -0.4 is 5.32 Å². The summed E-state index contributed by atoms with van der Waals surface area (Å²) in [6, 6.07) is -0.124. The smallest absolute Gasteiger partial charge is 0.326 e. The molecule has 0 unspecified atom stereocenters. The van der Waals surface area contributed by atoms with Crippen LogP contribution in [0.5, 0.6) is 0 Å². The van der Waals surface area contributed by atoms with Gasteiger partial charge in [-0.2, -0.15) is 0 Å². The Kier molecular flexibility index (Phi) is 6.24. The predicted octanol–water partition coefficient (Wildman–Crippen LogP) is 2.26. The normalized spacial score (nSPS) is 27.2. The summed E-state index contributed by atoms with van der Waals surface area (Å²) in [5, 5.41) is 11.8. The van der Waals surface area contributed by atoms with Crippen LogP contribution in [-0.4, -0.2) is 47.1 Å². The summed E-state index contributed by atoms with van der Waals surface area (Å²) in [4.78, 5) is 25.8. The van der Waals surface area contributed by atoms with Gasteiger partial charge >= 0.3 is 5.97 Å². The number of aliphatic carboxylic acids is 1. The molecule has 0 spiro atoms. The van der Waals surface area contributed by atoms with Crippen LogP contribution >= 0.6 is 0 Å². The summed E-state index contributed by atoms with van der Waals surface area (Å²) in [6.45, 7) is 6.06. The van der Waals surface area contributed by atoms with Crippen LogP contribution in [0.25, 0.3) is 0 Å². The summed E-state index contributed by atoms with van der Waals surface area (Å²) in [5.74, 6) is -0.555. The molecular weight excluding hydrogens is 280 g/mol. The van der Waals surface area contributed by atoms with Crippen LogP contribution in [-0.2, 0) is 9.59 Å². The third kappa shape index (κ3) is 4.45. The first-order chi connectivity index (χ1) is 10.5. The van der Waals surface area contributed by atoms with Gasteiger partial charge in [-0.25, -0.2) is 4.79 Å². The van der Waals surface area contributed by atoms with Crippen molar-refractivity contribution in [2.75, 3.05) is 13.1 Å². The van der Waals surface area contributed by atoms with Gasteiger partial charge in [0.1, 0.15) is 6.04 Å².